The number of methoxy groups -OCH3 is 1. The molecule has 0 fully saturated rings. The van der Waals surface area contributed by atoms with Gasteiger partial charge in [-0.05, 0) is 18.9 Å². The maximum Gasteiger partial charge on any atom is 0.434 e. The quantitative estimate of drug-likeness (QED) is 0.308. The van der Waals surface area contributed by atoms with Crippen molar-refractivity contribution in [2.45, 2.75) is 39.3 Å². The van der Waals surface area contributed by atoms with Crippen LogP contribution in [0.4, 0.5) is 27.6 Å². The number of esters is 1. The summed E-state index contributed by atoms with van der Waals surface area (Å²) in [7, 11) is 1.19. The largest absolute Gasteiger partial charge is 0.486 e. The van der Waals surface area contributed by atoms with Gasteiger partial charge in [0, 0.05) is 0 Å². The molecule has 0 bridgehead atoms. The molecule has 0 saturated carbocycles. The van der Waals surface area contributed by atoms with Crippen molar-refractivity contribution in [2.24, 2.45) is 4.99 Å². The minimum atomic E-state index is -5.11. The molecule has 10 heteroatoms. The lowest BCUT2D eigenvalue weighted by Crippen LogP contribution is -2.21. The van der Waals surface area contributed by atoms with E-state index in [2.05, 4.69) is 19.5 Å². The first-order chi connectivity index (χ1) is 11.7. The van der Waals surface area contributed by atoms with E-state index in [-0.39, 0.29) is 25.0 Å². The van der Waals surface area contributed by atoms with Crippen LogP contribution in [-0.4, -0.2) is 31.1 Å². The van der Waals surface area contributed by atoms with Gasteiger partial charge in [0.05, 0.1) is 25.0 Å². The van der Waals surface area contributed by atoms with Gasteiger partial charge in [-0.25, -0.2) is 23.6 Å². The molecular weight excluding hydrogens is 351 g/mol. The van der Waals surface area contributed by atoms with E-state index in [1.165, 1.54) is 14.0 Å². The number of aromatic nitrogens is 1. The molecule has 0 N–H and O–H groups in total. The molecule has 1 rings (SSSR count). The molecule has 0 radical (unpaired) electrons. The normalized spacial score (nSPS) is 12.0. The van der Waals surface area contributed by atoms with Gasteiger partial charge in [-0.1, -0.05) is 13.3 Å². The Hall–Kier alpha value is -2.26. The second kappa shape index (κ2) is 8.72. The Morgan fingerprint density at radius 2 is 1.96 bits per heavy atom. The van der Waals surface area contributed by atoms with E-state index >= 15 is 0 Å². The zero-order chi connectivity index (χ0) is 19.2. The summed E-state index contributed by atoms with van der Waals surface area (Å²) in [5.74, 6) is -1.29. The molecular formula is C15H17F5N2O3. The number of ether oxygens (including phenoxy) is 2. The predicted molar refractivity (Wildman–Crippen MR) is 79.3 cm³/mol. The first kappa shape index (κ1) is 20.8. The van der Waals surface area contributed by atoms with E-state index < -0.39 is 41.2 Å². The standard InChI is InChI=1S/C15H17F5N2O3/c1-4-6-8-9(14(23)25-5-2)12(15(18,19)20)22-11(13(16)17)10(8)21-7-24-3/h7,13H,4-6H2,1-3H3. The fraction of sp³-hybridized carbons (Fsp3) is 0.533. The van der Waals surface area contributed by atoms with Crippen LogP contribution in [0.25, 0.3) is 0 Å². The summed E-state index contributed by atoms with van der Waals surface area (Å²) in [6.45, 7) is 2.85. The maximum absolute atomic E-state index is 13.3. The molecule has 0 saturated heterocycles. The number of nitrogens with zero attached hydrogens (tertiary/aromatic N) is 2. The molecule has 1 heterocycles. The number of carbonyl (C=O) groups is 1. The van der Waals surface area contributed by atoms with Crippen LogP contribution in [0.15, 0.2) is 4.99 Å². The highest BCUT2D eigenvalue weighted by atomic mass is 19.4. The molecule has 0 spiro atoms. The van der Waals surface area contributed by atoms with Crippen LogP contribution in [-0.2, 0) is 22.1 Å². The highest BCUT2D eigenvalue weighted by molar-refractivity contribution is 5.94. The van der Waals surface area contributed by atoms with Gasteiger partial charge in [0.1, 0.15) is 5.69 Å². The second-order valence-electron chi connectivity index (χ2n) is 4.79. The molecule has 1 aromatic heterocycles. The third kappa shape index (κ3) is 4.86. The van der Waals surface area contributed by atoms with Crippen molar-refractivity contribution in [3.63, 3.8) is 0 Å². The molecule has 5 nitrogen and oxygen atoms in total. The molecule has 0 aromatic carbocycles. The number of halogens is 5. The fourth-order valence-corrected chi connectivity index (χ4v) is 2.17. The molecule has 0 aliphatic rings. The van der Waals surface area contributed by atoms with E-state index in [0.29, 0.717) is 0 Å². The fourth-order valence-electron chi connectivity index (χ4n) is 2.17. The van der Waals surface area contributed by atoms with Gasteiger partial charge in [-0.3, -0.25) is 0 Å². The number of aliphatic imine (C=N–C) groups is 1. The lowest BCUT2D eigenvalue weighted by Gasteiger charge is -2.19. The van der Waals surface area contributed by atoms with Crippen LogP contribution in [0.2, 0.25) is 0 Å². The highest BCUT2D eigenvalue weighted by Crippen LogP contribution is 2.40. The summed E-state index contributed by atoms with van der Waals surface area (Å²) in [4.78, 5) is 18.7. The predicted octanol–water partition coefficient (Wildman–Crippen LogP) is 4.47. The van der Waals surface area contributed by atoms with E-state index in [1.54, 1.807) is 6.92 Å². The number of carbonyl (C=O) groups excluding carboxylic acids is 1. The molecule has 0 unspecified atom stereocenters. The van der Waals surface area contributed by atoms with Crippen LogP contribution < -0.4 is 0 Å². The number of alkyl halides is 5. The maximum atomic E-state index is 13.3. The third-order valence-electron chi connectivity index (χ3n) is 3.04. The average molecular weight is 368 g/mol. The molecule has 0 aliphatic heterocycles. The van der Waals surface area contributed by atoms with Crippen molar-refractivity contribution in [3.8, 4) is 0 Å². The monoisotopic (exact) mass is 368 g/mol. The first-order valence-electron chi connectivity index (χ1n) is 7.33. The minimum absolute atomic E-state index is 0.101. The van der Waals surface area contributed by atoms with Crippen molar-refractivity contribution in [1.82, 2.24) is 4.98 Å². The topological polar surface area (TPSA) is 60.8 Å². The zero-order valence-corrected chi connectivity index (χ0v) is 13.8. The summed E-state index contributed by atoms with van der Waals surface area (Å²) in [6.07, 6.45) is -7.47. The van der Waals surface area contributed by atoms with Crippen LogP contribution in [0.1, 0.15) is 54.0 Å². The van der Waals surface area contributed by atoms with Crippen LogP contribution >= 0.6 is 0 Å². The zero-order valence-electron chi connectivity index (χ0n) is 13.8. The number of hydrogen-bond acceptors (Lipinski definition) is 5. The molecule has 0 amide bonds. The lowest BCUT2D eigenvalue weighted by molar-refractivity contribution is -0.142. The van der Waals surface area contributed by atoms with Crippen molar-refractivity contribution < 1.29 is 36.2 Å². The Balaban J connectivity index is 3.91. The first-order valence-corrected chi connectivity index (χ1v) is 7.33. The van der Waals surface area contributed by atoms with Gasteiger partial charge in [-0.2, -0.15) is 13.2 Å². The summed E-state index contributed by atoms with van der Waals surface area (Å²) < 4.78 is 75.7. The summed E-state index contributed by atoms with van der Waals surface area (Å²) in [5, 5.41) is 0. The SMILES string of the molecule is CCCc1c(N=COC)c(C(F)F)nc(C(F)(F)F)c1C(=O)OCC. The number of hydrogen-bond donors (Lipinski definition) is 0. The van der Waals surface area contributed by atoms with Crippen molar-refractivity contribution in [2.75, 3.05) is 13.7 Å². The molecule has 0 atom stereocenters. The summed E-state index contributed by atoms with van der Waals surface area (Å²) >= 11 is 0. The van der Waals surface area contributed by atoms with Crippen LogP contribution in [0.3, 0.4) is 0 Å². The smallest absolute Gasteiger partial charge is 0.434 e. The number of rotatable bonds is 7. The Bertz CT molecular complexity index is 645. The summed E-state index contributed by atoms with van der Waals surface area (Å²) in [5.41, 5.74) is -4.59. The van der Waals surface area contributed by atoms with Gasteiger partial charge in [-0.15, -0.1) is 0 Å². The Morgan fingerprint density at radius 3 is 2.40 bits per heavy atom. The van der Waals surface area contributed by atoms with E-state index in [4.69, 9.17) is 0 Å². The van der Waals surface area contributed by atoms with Gasteiger partial charge in [0.15, 0.2) is 12.1 Å². The van der Waals surface area contributed by atoms with Crippen molar-refractivity contribution >= 4 is 18.1 Å². The van der Waals surface area contributed by atoms with E-state index in [0.717, 1.165) is 6.40 Å². The average Bonchev–Trinajstić information content (AvgIpc) is 2.51. The Labute approximate surface area is 140 Å². The van der Waals surface area contributed by atoms with Crippen LogP contribution in [0, 0.1) is 0 Å². The molecule has 140 valence electrons. The number of pyridine rings is 1. The van der Waals surface area contributed by atoms with Gasteiger partial charge >= 0.3 is 12.1 Å². The van der Waals surface area contributed by atoms with Crippen molar-refractivity contribution in [1.29, 1.82) is 0 Å². The van der Waals surface area contributed by atoms with E-state index in [9.17, 15) is 26.7 Å². The van der Waals surface area contributed by atoms with Crippen molar-refractivity contribution in [3.05, 3.63) is 22.5 Å². The van der Waals surface area contributed by atoms with Gasteiger partial charge < -0.3 is 9.47 Å². The highest BCUT2D eigenvalue weighted by Gasteiger charge is 2.41. The Morgan fingerprint density at radius 1 is 1.32 bits per heavy atom. The van der Waals surface area contributed by atoms with Gasteiger partial charge in [0.25, 0.3) is 6.43 Å². The summed E-state index contributed by atoms with van der Waals surface area (Å²) in [6, 6.07) is 0. The molecule has 1 aromatic rings. The van der Waals surface area contributed by atoms with Gasteiger partial charge in [0.2, 0.25) is 0 Å². The second-order valence-corrected chi connectivity index (χ2v) is 4.79. The Kier molecular flexibility index (Phi) is 7.25. The molecule has 25 heavy (non-hydrogen) atoms. The molecule has 0 aliphatic carbocycles. The minimum Gasteiger partial charge on any atom is -0.486 e. The lowest BCUT2D eigenvalue weighted by atomic mass is 9.98. The van der Waals surface area contributed by atoms with Crippen LogP contribution in [0.5, 0.6) is 0 Å². The third-order valence-corrected chi connectivity index (χ3v) is 3.04. The van der Waals surface area contributed by atoms with E-state index in [1.807, 2.05) is 0 Å².